The van der Waals surface area contributed by atoms with E-state index in [0.29, 0.717) is 19.3 Å². The van der Waals surface area contributed by atoms with Crippen molar-refractivity contribution in [3.63, 3.8) is 0 Å². The third-order valence-corrected chi connectivity index (χ3v) is 11.2. The van der Waals surface area contributed by atoms with Gasteiger partial charge in [0.15, 0.2) is 16.6 Å². The number of halogens is 6. The lowest BCUT2D eigenvalue weighted by Gasteiger charge is -2.48. The van der Waals surface area contributed by atoms with Crippen LogP contribution in [0.25, 0.3) is 0 Å². The van der Waals surface area contributed by atoms with E-state index in [9.17, 15) is 31.1 Å². The fraction of sp³-hybridized carbons (Fsp3) is 0.900. The van der Waals surface area contributed by atoms with Gasteiger partial charge in [0, 0.05) is 12.3 Å². The highest BCUT2D eigenvalue weighted by atomic mass is 28.4. The second-order valence-corrected chi connectivity index (χ2v) is 24.4. The summed E-state index contributed by atoms with van der Waals surface area (Å²) >= 11 is 0. The molecule has 0 aliphatic heterocycles. The summed E-state index contributed by atoms with van der Waals surface area (Å²) in [6, 6.07) is 0. The van der Waals surface area contributed by atoms with Gasteiger partial charge in [-0.3, -0.25) is 4.79 Å². The van der Waals surface area contributed by atoms with Crippen LogP contribution in [0.15, 0.2) is 12.2 Å². The van der Waals surface area contributed by atoms with E-state index < -0.39 is 45.6 Å². The Morgan fingerprint density at radius 1 is 0.878 bits per heavy atom. The quantitative estimate of drug-likeness (QED) is 0.122. The Labute approximate surface area is 245 Å². The van der Waals surface area contributed by atoms with Crippen LogP contribution in [0.2, 0.25) is 39.3 Å². The van der Waals surface area contributed by atoms with Gasteiger partial charge in [0.05, 0.1) is 5.60 Å². The van der Waals surface area contributed by atoms with Gasteiger partial charge in [0.2, 0.25) is 0 Å². The Hall–Kier alpha value is -0.656. The number of fused-ring (bicyclic) bond motifs is 1. The summed E-state index contributed by atoms with van der Waals surface area (Å²) in [5.74, 6) is 0.135. The molecule has 0 aromatic carbocycles. The van der Waals surface area contributed by atoms with Crippen molar-refractivity contribution in [2.24, 2.45) is 22.7 Å². The highest BCUT2D eigenvalue weighted by Crippen LogP contribution is 2.62. The van der Waals surface area contributed by atoms with Crippen LogP contribution in [0.4, 0.5) is 26.3 Å². The van der Waals surface area contributed by atoms with Crippen molar-refractivity contribution in [1.29, 1.82) is 0 Å². The zero-order chi connectivity index (χ0) is 31.9. The van der Waals surface area contributed by atoms with Crippen molar-refractivity contribution in [2.45, 2.75) is 148 Å². The average Bonchev–Trinajstić information content (AvgIpc) is 3.07. The molecule has 3 nitrogen and oxygen atoms in total. The van der Waals surface area contributed by atoms with Crippen molar-refractivity contribution in [3.05, 3.63) is 12.2 Å². The standard InChI is InChI=1S/C30H52F6O3Si2/c1-25(2,38-40(5,6)7)17-12-18-26(3,24-16-15-22-23(37)14-11-20-27(22,24)4)19-13-21-28(29(31,32)33,30(34,35)36)39-41(8,9)10/h13,21-22,24H,11-12,14-20H2,1-10H3/t22?,24-,26-,27+/m1/s1. The Bertz CT molecular complexity index is 934. The summed E-state index contributed by atoms with van der Waals surface area (Å²) in [4.78, 5) is 12.8. The van der Waals surface area contributed by atoms with Crippen molar-refractivity contribution < 1.29 is 40.0 Å². The maximum atomic E-state index is 14.2. The highest BCUT2D eigenvalue weighted by molar-refractivity contribution is 6.70. The van der Waals surface area contributed by atoms with Crippen molar-refractivity contribution >= 4 is 22.4 Å². The number of alkyl halides is 6. The summed E-state index contributed by atoms with van der Waals surface area (Å²) < 4.78 is 96.4. The third kappa shape index (κ3) is 8.72. The van der Waals surface area contributed by atoms with Crippen molar-refractivity contribution in [1.82, 2.24) is 0 Å². The molecule has 0 bridgehead atoms. The average molecular weight is 631 g/mol. The van der Waals surface area contributed by atoms with Crippen LogP contribution < -0.4 is 0 Å². The fourth-order valence-corrected chi connectivity index (χ4v) is 10.8. The first-order chi connectivity index (χ1) is 18.2. The number of hydrogen-bond acceptors (Lipinski definition) is 3. The van der Waals surface area contributed by atoms with Crippen LogP contribution in [-0.2, 0) is 13.6 Å². The number of carbonyl (C=O) groups is 1. The Morgan fingerprint density at radius 3 is 1.90 bits per heavy atom. The maximum Gasteiger partial charge on any atom is 0.429 e. The number of allylic oxidation sites excluding steroid dienone is 1. The smallest absolute Gasteiger partial charge is 0.413 e. The predicted molar refractivity (Wildman–Crippen MR) is 157 cm³/mol. The number of hydrogen-bond donors (Lipinski definition) is 0. The minimum absolute atomic E-state index is 0.000922. The minimum atomic E-state index is -5.67. The fourth-order valence-electron chi connectivity index (χ4n) is 7.77. The largest absolute Gasteiger partial charge is 0.429 e. The summed E-state index contributed by atoms with van der Waals surface area (Å²) in [7, 11) is -5.10. The molecular weight excluding hydrogens is 578 g/mol. The van der Waals surface area contributed by atoms with Crippen LogP contribution in [0.3, 0.4) is 0 Å². The van der Waals surface area contributed by atoms with Crippen LogP contribution in [0, 0.1) is 22.7 Å². The van der Waals surface area contributed by atoms with Crippen molar-refractivity contribution in [2.75, 3.05) is 0 Å². The van der Waals surface area contributed by atoms with E-state index in [-0.39, 0.29) is 35.5 Å². The lowest BCUT2D eigenvalue weighted by Crippen LogP contribution is -2.61. The molecular formula is C30H52F6O3Si2. The second kappa shape index (κ2) is 12.0. The molecule has 0 aromatic heterocycles. The first-order valence-corrected chi connectivity index (χ1v) is 21.7. The van der Waals surface area contributed by atoms with E-state index >= 15 is 0 Å². The molecule has 2 aliphatic rings. The zero-order valence-corrected chi connectivity index (χ0v) is 28.7. The summed E-state index contributed by atoms with van der Waals surface area (Å²) in [6.45, 7) is 18.5. The minimum Gasteiger partial charge on any atom is -0.413 e. The van der Waals surface area contributed by atoms with Gasteiger partial charge in [0.25, 0.3) is 5.60 Å². The first-order valence-electron chi connectivity index (χ1n) is 14.9. The van der Waals surface area contributed by atoms with Crippen LogP contribution in [0.5, 0.6) is 0 Å². The molecule has 0 aromatic rings. The molecule has 1 unspecified atom stereocenters. The van der Waals surface area contributed by atoms with E-state index in [4.69, 9.17) is 8.85 Å². The predicted octanol–water partition coefficient (Wildman–Crippen LogP) is 10.2. The van der Waals surface area contributed by atoms with E-state index in [0.717, 1.165) is 38.2 Å². The molecule has 240 valence electrons. The number of rotatable bonds is 12. The van der Waals surface area contributed by atoms with Crippen LogP contribution in [0.1, 0.15) is 85.5 Å². The normalized spacial score (nSPS) is 26.9. The molecule has 0 radical (unpaired) electrons. The zero-order valence-electron chi connectivity index (χ0n) is 26.7. The van der Waals surface area contributed by atoms with Gasteiger partial charge in [0.1, 0.15) is 5.78 Å². The molecule has 11 heteroatoms. The Morgan fingerprint density at radius 2 is 1.41 bits per heavy atom. The molecule has 0 N–H and O–H groups in total. The van der Waals surface area contributed by atoms with E-state index in [1.807, 2.05) is 20.8 Å². The Balaban J connectivity index is 2.48. The molecule has 2 rings (SSSR count). The molecule has 2 aliphatic carbocycles. The topological polar surface area (TPSA) is 35.5 Å². The van der Waals surface area contributed by atoms with E-state index in [2.05, 4.69) is 26.6 Å². The molecule has 4 atom stereocenters. The summed E-state index contributed by atoms with van der Waals surface area (Å²) in [6.07, 6.45) is -4.38. The van der Waals surface area contributed by atoms with Crippen molar-refractivity contribution in [3.8, 4) is 0 Å². The van der Waals surface area contributed by atoms with E-state index in [1.54, 1.807) is 0 Å². The summed E-state index contributed by atoms with van der Waals surface area (Å²) in [5.41, 5.74) is -5.67. The molecule has 0 amide bonds. The van der Waals surface area contributed by atoms with Gasteiger partial charge in [-0.15, -0.1) is 0 Å². The first kappa shape index (κ1) is 36.5. The van der Waals surface area contributed by atoms with Gasteiger partial charge >= 0.3 is 12.4 Å². The number of Topliss-reactive ketones (excluding diaryl/α,β-unsaturated/α-hetero) is 1. The van der Waals surface area contributed by atoms with Gasteiger partial charge in [-0.2, -0.15) is 26.3 Å². The molecule has 0 spiro atoms. The van der Waals surface area contributed by atoms with E-state index in [1.165, 1.54) is 19.6 Å². The van der Waals surface area contributed by atoms with Gasteiger partial charge in [-0.1, -0.05) is 26.3 Å². The second-order valence-electron chi connectivity index (χ2n) is 15.5. The number of ketones is 1. The maximum absolute atomic E-state index is 14.2. The lowest BCUT2D eigenvalue weighted by atomic mass is 9.56. The summed E-state index contributed by atoms with van der Waals surface area (Å²) in [5, 5.41) is 0. The molecule has 2 saturated carbocycles. The van der Waals surface area contributed by atoms with Gasteiger partial charge in [-0.25, -0.2) is 0 Å². The number of carbonyl (C=O) groups excluding carboxylic acids is 1. The third-order valence-electron chi connectivity index (χ3n) is 9.06. The highest BCUT2D eigenvalue weighted by Gasteiger charge is 2.71. The molecule has 2 fully saturated rings. The van der Waals surface area contributed by atoms with Crippen LogP contribution >= 0.6 is 0 Å². The Kier molecular flexibility index (Phi) is 10.7. The SMILES string of the molecule is CC(C)(CCC[C@](C)(CC=CC(O[Si](C)(C)C)(C(F)(F)F)C(F)(F)F)[C@H]1CCC2C(=O)CCC[C@@]21C)O[Si](C)(C)C. The molecule has 0 saturated heterocycles. The van der Waals surface area contributed by atoms with Gasteiger partial charge in [-0.05, 0) is 121 Å². The van der Waals surface area contributed by atoms with Crippen LogP contribution in [-0.4, -0.2) is 46.0 Å². The monoisotopic (exact) mass is 630 g/mol. The lowest BCUT2D eigenvalue weighted by molar-refractivity contribution is -0.340. The molecule has 0 heterocycles. The van der Waals surface area contributed by atoms with Gasteiger partial charge < -0.3 is 8.85 Å². The molecule has 41 heavy (non-hydrogen) atoms.